The first kappa shape index (κ1) is 31.9. The molecule has 0 radical (unpaired) electrons. The maximum atomic E-state index is 12.9. The van der Waals surface area contributed by atoms with Gasteiger partial charge in [0.2, 0.25) is 6.79 Å². The van der Waals surface area contributed by atoms with Crippen LogP contribution in [0.25, 0.3) is 0 Å². The average molecular weight is 525 g/mol. The zero-order valence-electron chi connectivity index (χ0n) is 24.8. The van der Waals surface area contributed by atoms with Gasteiger partial charge in [-0.05, 0) is 30.9 Å². The number of carbonyl (C=O) groups excluding carboxylic acids is 1. The van der Waals surface area contributed by atoms with Gasteiger partial charge in [-0.25, -0.2) is 0 Å². The molecule has 0 amide bonds. The van der Waals surface area contributed by atoms with Crippen molar-refractivity contribution in [2.45, 2.75) is 104 Å². The van der Waals surface area contributed by atoms with Crippen LogP contribution in [0.3, 0.4) is 0 Å². The first-order chi connectivity index (χ1) is 18.4. The third-order valence-electron chi connectivity index (χ3n) is 7.43. The number of hydrogen-bond acceptors (Lipinski definition) is 3. The summed E-state index contributed by atoms with van der Waals surface area (Å²) in [6.45, 7) is 5.92. The van der Waals surface area contributed by atoms with E-state index in [1.807, 2.05) is 18.2 Å². The van der Waals surface area contributed by atoms with Crippen molar-refractivity contribution in [2.75, 3.05) is 27.4 Å². The lowest BCUT2D eigenvalue weighted by Gasteiger charge is -2.32. The van der Waals surface area contributed by atoms with E-state index >= 15 is 0 Å². The van der Waals surface area contributed by atoms with E-state index in [2.05, 4.69) is 64.3 Å². The molecule has 0 aliphatic heterocycles. The summed E-state index contributed by atoms with van der Waals surface area (Å²) in [6, 6.07) is 18.6. The molecule has 4 heteroatoms. The van der Waals surface area contributed by atoms with E-state index in [1.54, 1.807) is 0 Å². The number of benzene rings is 2. The number of hydrogen-bond donors (Lipinski definition) is 0. The van der Waals surface area contributed by atoms with Crippen LogP contribution in [0, 0.1) is 5.92 Å². The minimum Gasteiger partial charge on any atom is -0.457 e. The molecule has 2 aromatic rings. The second-order valence-electron chi connectivity index (χ2n) is 11.5. The molecule has 38 heavy (non-hydrogen) atoms. The number of nitrogens with zero attached hydrogens (tertiary/aromatic N) is 1. The molecule has 4 nitrogen and oxygen atoms in total. The highest BCUT2D eigenvalue weighted by molar-refractivity contribution is 5.72. The van der Waals surface area contributed by atoms with Crippen LogP contribution in [0.2, 0.25) is 0 Å². The van der Waals surface area contributed by atoms with Crippen molar-refractivity contribution in [3.05, 3.63) is 65.7 Å². The van der Waals surface area contributed by atoms with Gasteiger partial charge in [-0.15, -0.1) is 0 Å². The van der Waals surface area contributed by atoms with Crippen molar-refractivity contribution in [3.8, 4) is 5.75 Å². The van der Waals surface area contributed by atoms with Gasteiger partial charge in [-0.1, -0.05) is 127 Å². The molecule has 0 saturated heterocycles. The Morgan fingerprint density at radius 2 is 1.34 bits per heavy atom. The number of aryl methyl sites for hydroxylation is 1. The van der Waals surface area contributed by atoms with Crippen molar-refractivity contribution in [3.63, 3.8) is 0 Å². The molecule has 2 rings (SSSR count). The van der Waals surface area contributed by atoms with Crippen LogP contribution in [0.5, 0.6) is 5.75 Å². The molecule has 0 spiro atoms. The van der Waals surface area contributed by atoms with Gasteiger partial charge in [0.15, 0.2) is 0 Å². The number of para-hydroxylation sites is 1. The predicted molar refractivity (Wildman–Crippen MR) is 159 cm³/mol. The van der Waals surface area contributed by atoms with Gasteiger partial charge in [-0.2, -0.15) is 0 Å². The number of ether oxygens (including phenoxy) is 2. The van der Waals surface area contributed by atoms with E-state index in [9.17, 15) is 4.79 Å². The molecule has 0 heterocycles. The topological polar surface area (TPSA) is 35.5 Å². The summed E-state index contributed by atoms with van der Waals surface area (Å²) in [5.41, 5.74) is 2.48. The summed E-state index contributed by atoms with van der Waals surface area (Å²) < 4.78 is 12.3. The van der Waals surface area contributed by atoms with Crippen molar-refractivity contribution in [1.82, 2.24) is 0 Å². The van der Waals surface area contributed by atoms with E-state index in [0.29, 0.717) is 0 Å². The minimum atomic E-state index is -0.172. The molecular formula is C34H54NO3+. The highest BCUT2D eigenvalue weighted by atomic mass is 16.7. The fourth-order valence-corrected chi connectivity index (χ4v) is 5.21. The van der Waals surface area contributed by atoms with Gasteiger partial charge < -0.3 is 14.0 Å². The van der Waals surface area contributed by atoms with E-state index in [0.717, 1.165) is 36.2 Å². The first-order valence-corrected chi connectivity index (χ1v) is 15.2. The van der Waals surface area contributed by atoms with Crippen molar-refractivity contribution in [2.24, 2.45) is 5.92 Å². The van der Waals surface area contributed by atoms with Gasteiger partial charge in [-0.3, -0.25) is 4.79 Å². The lowest BCUT2D eigenvalue weighted by atomic mass is 10.0. The first-order valence-electron chi connectivity index (χ1n) is 15.2. The van der Waals surface area contributed by atoms with E-state index in [-0.39, 0.29) is 18.7 Å². The largest absolute Gasteiger partial charge is 0.457 e. The maximum Gasteiger partial charge on any atom is 0.317 e. The second-order valence-corrected chi connectivity index (χ2v) is 11.5. The Hall–Kier alpha value is -2.33. The SMILES string of the molecule is CCCCCCCCCCCCCc1ccccc1OCOC(=O)C(CC)C[N+](C)(C)Cc1ccccc1. The molecule has 1 atom stereocenters. The van der Waals surface area contributed by atoms with Crippen molar-refractivity contribution < 1.29 is 18.8 Å². The van der Waals surface area contributed by atoms with E-state index < -0.39 is 0 Å². The molecule has 0 saturated carbocycles. The van der Waals surface area contributed by atoms with Crippen molar-refractivity contribution in [1.29, 1.82) is 0 Å². The zero-order chi connectivity index (χ0) is 27.5. The van der Waals surface area contributed by atoms with Crippen LogP contribution in [0.15, 0.2) is 54.6 Å². The number of quaternary nitrogens is 1. The van der Waals surface area contributed by atoms with Crippen LogP contribution < -0.4 is 4.74 Å². The van der Waals surface area contributed by atoms with E-state index in [4.69, 9.17) is 9.47 Å². The van der Waals surface area contributed by atoms with Crippen LogP contribution in [0.4, 0.5) is 0 Å². The monoisotopic (exact) mass is 524 g/mol. The Morgan fingerprint density at radius 1 is 0.763 bits per heavy atom. The number of carbonyl (C=O) groups is 1. The Morgan fingerprint density at radius 3 is 1.97 bits per heavy atom. The Bertz CT molecular complexity index is 880. The van der Waals surface area contributed by atoms with Crippen LogP contribution in [-0.2, 0) is 22.5 Å². The third kappa shape index (κ3) is 13.5. The highest BCUT2D eigenvalue weighted by Gasteiger charge is 2.28. The number of rotatable bonds is 21. The Kier molecular flexibility index (Phi) is 15.8. The smallest absolute Gasteiger partial charge is 0.317 e. The fraction of sp³-hybridized carbons (Fsp3) is 0.618. The third-order valence-corrected chi connectivity index (χ3v) is 7.43. The number of unbranched alkanes of at least 4 members (excludes halogenated alkanes) is 10. The predicted octanol–water partition coefficient (Wildman–Crippen LogP) is 8.72. The van der Waals surface area contributed by atoms with Gasteiger partial charge in [0.1, 0.15) is 18.2 Å². The van der Waals surface area contributed by atoms with Gasteiger partial charge >= 0.3 is 5.97 Å². The summed E-state index contributed by atoms with van der Waals surface area (Å²) in [5, 5.41) is 0. The Labute approximate surface area is 233 Å². The fourth-order valence-electron chi connectivity index (χ4n) is 5.21. The van der Waals surface area contributed by atoms with Gasteiger partial charge in [0.25, 0.3) is 0 Å². The quantitative estimate of drug-likeness (QED) is 0.0709. The standard InChI is InChI=1S/C34H54NO3/c1-5-7-8-9-10-11-12-13-14-15-19-24-32-25-20-21-26-33(32)37-29-38-34(36)31(6-2)28-35(3,4)27-30-22-17-16-18-23-30/h16-18,20-23,25-26,31H,5-15,19,24,27-29H2,1-4H3/q+1. The lowest BCUT2D eigenvalue weighted by molar-refractivity contribution is -0.906. The highest BCUT2D eigenvalue weighted by Crippen LogP contribution is 2.22. The minimum absolute atomic E-state index is 0.0310. The normalized spacial score (nSPS) is 12.3. The summed E-state index contributed by atoms with van der Waals surface area (Å²) in [5.74, 6) is 0.513. The van der Waals surface area contributed by atoms with Gasteiger partial charge in [0.05, 0.1) is 20.6 Å². The Balaban J connectivity index is 1.67. The lowest BCUT2D eigenvalue weighted by Crippen LogP contribution is -2.44. The molecule has 1 unspecified atom stereocenters. The molecule has 0 N–H and O–H groups in total. The van der Waals surface area contributed by atoms with E-state index in [1.165, 1.54) is 81.8 Å². The molecule has 0 aromatic heterocycles. The molecule has 0 fully saturated rings. The summed E-state index contributed by atoms with van der Waals surface area (Å²) >= 11 is 0. The molecule has 2 aromatic carbocycles. The summed E-state index contributed by atoms with van der Waals surface area (Å²) in [7, 11) is 4.34. The molecule has 212 valence electrons. The van der Waals surface area contributed by atoms with Gasteiger partial charge in [0, 0.05) is 5.56 Å². The second kappa shape index (κ2) is 18.8. The zero-order valence-corrected chi connectivity index (χ0v) is 24.8. The van der Waals surface area contributed by atoms with Crippen LogP contribution in [0.1, 0.15) is 102 Å². The molecule has 0 aliphatic carbocycles. The maximum absolute atomic E-state index is 12.9. The molecular weight excluding hydrogens is 470 g/mol. The van der Waals surface area contributed by atoms with Crippen LogP contribution in [-0.4, -0.2) is 37.9 Å². The molecule has 0 aliphatic rings. The van der Waals surface area contributed by atoms with Crippen LogP contribution >= 0.6 is 0 Å². The van der Waals surface area contributed by atoms with Crippen molar-refractivity contribution >= 4 is 5.97 Å². The average Bonchev–Trinajstić information content (AvgIpc) is 2.91. The summed E-state index contributed by atoms with van der Waals surface area (Å²) in [6.07, 6.45) is 16.5. The summed E-state index contributed by atoms with van der Waals surface area (Å²) in [4.78, 5) is 12.9. The molecule has 0 bridgehead atoms. The number of esters is 1.